The monoisotopic (exact) mass is 243 g/mol. The van der Waals surface area contributed by atoms with E-state index in [2.05, 4.69) is 0 Å². The maximum Gasteiger partial charge on any atom is 0.149 e. The number of hydrogen-bond acceptors (Lipinski definition) is 3. The van der Waals surface area contributed by atoms with Gasteiger partial charge < -0.3 is 14.7 Å². The van der Waals surface area contributed by atoms with Crippen molar-refractivity contribution in [1.82, 2.24) is 0 Å². The summed E-state index contributed by atoms with van der Waals surface area (Å²) >= 11 is 0. The van der Waals surface area contributed by atoms with Crippen LogP contribution in [0.1, 0.15) is 12.5 Å². The third kappa shape index (κ3) is 2.56. The highest BCUT2D eigenvalue weighted by Gasteiger charge is 2.23. The summed E-state index contributed by atoms with van der Waals surface area (Å²) in [5.74, 6) is -1.27. The third-order valence-corrected chi connectivity index (χ3v) is 2.82. The summed E-state index contributed by atoms with van der Waals surface area (Å²) < 4.78 is 32.9. The van der Waals surface area contributed by atoms with Gasteiger partial charge in [0.2, 0.25) is 0 Å². The lowest BCUT2D eigenvalue weighted by molar-refractivity contribution is 0.0527. The second kappa shape index (κ2) is 4.98. The molecule has 1 saturated heterocycles. The van der Waals surface area contributed by atoms with Crippen LogP contribution in [0.5, 0.6) is 0 Å². The van der Waals surface area contributed by atoms with Gasteiger partial charge in [0.15, 0.2) is 0 Å². The van der Waals surface area contributed by atoms with E-state index in [1.165, 1.54) is 12.1 Å². The van der Waals surface area contributed by atoms with Gasteiger partial charge in [-0.05, 0) is 24.6 Å². The number of ether oxygens (including phenoxy) is 1. The van der Waals surface area contributed by atoms with Crippen molar-refractivity contribution in [2.24, 2.45) is 0 Å². The highest BCUT2D eigenvalue weighted by Crippen LogP contribution is 2.26. The first-order valence-corrected chi connectivity index (χ1v) is 5.57. The van der Waals surface area contributed by atoms with Gasteiger partial charge in [0, 0.05) is 13.1 Å². The van der Waals surface area contributed by atoms with Crippen molar-refractivity contribution in [3.8, 4) is 0 Å². The second-order valence-corrected chi connectivity index (χ2v) is 4.19. The largest absolute Gasteiger partial charge is 0.392 e. The van der Waals surface area contributed by atoms with Gasteiger partial charge in [-0.1, -0.05) is 0 Å². The summed E-state index contributed by atoms with van der Waals surface area (Å²) in [5, 5.41) is 8.86. The lowest BCUT2D eigenvalue weighted by Crippen LogP contribution is -2.42. The van der Waals surface area contributed by atoms with E-state index in [0.29, 0.717) is 19.7 Å². The zero-order valence-electron chi connectivity index (χ0n) is 9.62. The molecule has 0 radical (unpaired) electrons. The van der Waals surface area contributed by atoms with Gasteiger partial charge in [-0.3, -0.25) is 0 Å². The van der Waals surface area contributed by atoms with E-state index in [1.54, 1.807) is 4.90 Å². The molecule has 0 aromatic heterocycles. The molecule has 94 valence electrons. The van der Waals surface area contributed by atoms with Gasteiger partial charge in [0.05, 0.1) is 19.3 Å². The molecule has 1 unspecified atom stereocenters. The molecule has 1 aliphatic rings. The van der Waals surface area contributed by atoms with Crippen LogP contribution in [-0.4, -0.2) is 30.9 Å². The SMILES string of the molecule is CC1CN(c2c(F)cc(CO)cc2F)CCO1. The van der Waals surface area contributed by atoms with Crippen molar-refractivity contribution in [2.75, 3.05) is 24.6 Å². The molecule has 1 N–H and O–H groups in total. The maximum absolute atomic E-state index is 13.8. The topological polar surface area (TPSA) is 32.7 Å². The molecule has 0 saturated carbocycles. The fraction of sp³-hybridized carbons (Fsp3) is 0.500. The molecule has 0 amide bonds. The summed E-state index contributed by atoms with van der Waals surface area (Å²) in [6.07, 6.45) is -0.0416. The van der Waals surface area contributed by atoms with Crippen LogP contribution >= 0.6 is 0 Å². The normalized spacial score (nSPS) is 20.7. The number of anilines is 1. The Balaban J connectivity index is 2.31. The Labute approximate surface area is 98.6 Å². The highest BCUT2D eigenvalue weighted by atomic mass is 19.1. The lowest BCUT2D eigenvalue weighted by atomic mass is 10.1. The molecule has 1 heterocycles. The first-order valence-electron chi connectivity index (χ1n) is 5.57. The first-order chi connectivity index (χ1) is 8.11. The van der Waals surface area contributed by atoms with Gasteiger partial charge in [-0.15, -0.1) is 0 Å². The molecule has 1 fully saturated rings. The summed E-state index contributed by atoms with van der Waals surface area (Å²) in [7, 11) is 0. The molecular formula is C12H15F2NO2. The average Bonchev–Trinajstić information content (AvgIpc) is 2.28. The summed E-state index contributed by atoms with van der Waals surface area (Å²) in [4.78, 5) is 1.64. The van der Waals surface area contributed by atoms with E-state index < -0.39 is 11.6 Å². The highest BCUT2D eigenvalue weighted by molar-refractivity contribution is 5.51. The van der Waals surface area contributed by atoms with Crippen molar-refractivity contribution in [1.29, 1.82) is 0 Å². The van der Waals surface area contributed by atoms with Crippen molar-refractivity contribution >= 4 is 5.69 Å². The Bertz CT molecular complexity index is 388. The smallest absolute Gasteiger partial charge is 0.149 e. The Morgan fingerprint density at radius 1 is 1.41 bits per heavy atom. The van der Waals surface area contributed by atoms with Gasteiger partial charge in [-0.25, -0.2) is 8.78 Å². The van der Waals surface area contributed by atoms with Crippen molar-refractivity contribution in [3.05, 3.63) is 29.3 Å². The first kappa shape index (κ1) is 12.3. The standard InChI is InChI=1S/C12H15F2NO2/c1-8-6-15(2-3-17-8)12-10(13)4-9(7-16)5-11(12)14/h4-5,8,16H,2-3,6-7H2,1H3. The minimum atomic E-state index is -0.636. The van der Waals surface area contributed by atoms with Crippen molar-refractivity contribution < 1.29 is 18.6 Å². The molecule has 5 heteroatoms. The quantitative estimate of drug-likeness (QED) is 0.857. The number of rotatable bonds is 2. The second-order valence-electron chi connectivity index (χ2n) is 4.19. The van der Waals surface area contributed by atoms with Crippen LogP contribution in [-0.2, 0) is 11.3 Å². The number of nitrogens with zero attached hydrogens (tertiary/aromatic N) is 1. The van der Waals surface area contributed by atoms with E-state index in [9.17, 15) is 8.78 Å². The van der Waals surface area contributed by atoms with Crippen LogP contribution in [0, 0.1) is 11.6 Å². The van der Waals surface area contributed by atoms with E-state index in [1.807, 2.05) is 6.92 Å². The van der Waals surface area contributed by atoms with Gasteiger partial charge in [0.25, 0.3) is 0 Å². The molecule has 2 rings (SSSR count). The van der Waals surface area contributed by atoms with Crippen molar-refractivity contribution in [2.45, 2.75) is 19.6 Å². The van der Waals surface area contributed by atoms with Crippen LogP contribution in [0.3, 0.4) is 0 Å². The van der Waals surface area contributed by atoms with E-state index in [4.69, 9.17) is 9.84 Å². The zero-order valence-corrected chi connectivity index (χ0v) is 9.62. The molecule has 0 spiro atoms. The van der Waals surface area contributed by atoms with Gasteiger partial charge in [0.1, 0.15) is 17.3 Å². The summed E-state index contributed by atoms with van der Waals surface area (Å²) in [6.45, 7) is 2.89. The number of aliphatic hydroxyl groups is 1. The maximum atomic E-state index is 13.8. The molecule has 1 atom stereocenters. The van der Waals surface area contributed by atoms with Crippen molar-refractivity contribution in [3.63, 3.8) is 0 Å². The minimum absolute atomic E-state index is 0.0302. The lowest BCUT2D eigenvalue weighted by Gasteiger charge is -2.33. The molecule has 0 aliphatic carbocycles. The zero-order chi connectivity index (χ0) is 12.4. The predicted octanol–water partition coefficient (Wildman–Crippen LogP) is 1.68. The summed E-state index contributed by atoms with van der Waals surface area (Å²) in [6, 6.07) is 2.33. The Morgan fingerprint density at radius 3 is 2.59 bits per heavy atom. The minimum Gasteiger partial charge on any atom is -0.392 e. The molecular weight excluding hydrogens is 228 g/mol. The van der Waals surface area contributed by atoms with Crippen LogP contribution < -0.4 is 4.90 Å². The number of benzene rings is 1. The van der Waals surface area contributed by atoms with Crippen LogP contribution in [0.25, 0.3) is 0 Å². The van der Waals surface area contributed by atoms with E-state index in [0.717, 1.165) is 0 Å². The molecule has 1 aliphatic heterocycles. The number of aliphatic hydroxyl groups excluding tert-OH is 1. The molecule has 0 bridgehead atoms. The molecule has 17 heavy (non-hydrogen) atoms. The van der Waals surface area contributed by atoms with Crippen LogP contribution in [0.2, 0.25) is 0 Å². The van der Waals surface area contributed by atoms with E-state index >= 15 is 0 Å². The number of hydrogen-bond donors (Lipinski definition) is 1. The molecule has 1 aromatic carbocycles. The number of morpholine rings is 1. The number of halogens is 2. The average molecular weight is 243 g/mol. The summed E-state index contributed by atoms with van der Waals surface area (Å²) in [5.41, 5.74) is 0.211. The Morgan fingerprint density at radius 2 is 2.06 bits per heavy atom. The fourth-order valence-corrected chi connectivity index (χ4v) is 2.03. The predicted molar refractivity (Wildman–Crippen MR) is 59.9 cm³/mol. The molecule has 1 aromatic rings. The van der Waals surface area contributed by atoms with Gasteiger partial charge >= 0.3 is 0 Å². The van der Waals surface area contributed by atoms with E-state index in [-0.39, 0.29) is 24.0 Å². The van der Waals surface area contributed by atoms with Crippen LogP contribution in [0.15, 0.2) is 12.1 Å². The fourth-order valence-electron chi connectivity index (χ4n) is 2.03. The van der Waals surface area contributed by atoms with Crippen LogP contribution in [0.4, 0.5) is 14.5 Å². The molecule has 3 nitrogen and oxygen atoms in total. The third-order valence-electron chi connectivity index (χ3n) is 2.82. The Hall–Kier alpha value is -1.20. The Kier molecular flexibility index (Phi) is 3.59. The van der Waals surface area contributed by atoms with Gasteiger partial charge in [-0.2, -0.15) is 0 Å².